The van der Waals surface area contributed by atoms with Crippen molar-refractivity contribution in [2.24, 2.45) is 0 Å². The Morgan fingerprint density at radius 3 is 3.00 bits per heavy atom. The molecule has 0 spiro atoms. The van der Waals surface area contributed by atoms with E-state index >= 15 is 0 Å². The summed E-state index contributed by atoms with van der Waals surface area (Å²) in [6.07, 6.45) is 3.23. The fourth-order valence-electron chi connectivity index (χ4n) is 2.66. The van der Waals surface area contributed by atoms with Gasteiger partial charge in [0.2, 0.25) is 5.91 Å². The molecule has 1 aliphatic heterocycles. The first-order chi connectivity index (χ1) is 10.2. The van der Waals surface area contributed by atoms with Crippen LogP contribution in [0.4, 0.5) is 0 Å². The molecule has 0 aliphatic carbocycles. The second kappa shape index (κ2) is 6.10. The lowest BCUT2D eigenvalue weighted by Gasteiger charge is -2.27. The number of hydrogen-bond donors (Lipinski definition) is 2. The van der Waals surface area contributed by atoms with E-state index in [-0.39, 0.29) is 11.9 Å². The molecular formula is C16H20N4O. The number of fused-ring (bicyclic) bond motifs is 1. The number of hydrogen-bond acceptors (Lipinski definition) is 3. The number of imidazole rings is 1. The average molecular weight is 284 g/mol. The first-order valence-electron chi connectivity index (χ1n) is 7.27. The van der Waals surface area contributed by atoms with Gasteiger partial charge in [0.25, 0.3) is 0 Å². The van der Waals surface area contributed by atoms with Crippen LogP contribution >= 0.6 is 0 Å². The third kappa shape index (κ3) is 3.13. The Hall–Kier alpha value is -2.14. The molecule has 0 saturated carbocycles. The van der Waals surface area contributed by atoms with E-state index in [1.165, 1.54) is 5.56 Å². The SMILES string of the molecule is CN(CCc1ccccc1)C(=O)C1Cc2nc[nH]c2CN1. The third-order valence-corrected chi connectivity index (χ3v) is 3.98. The quantitative estimate of drug-likeness (QED) is 0.884. The van der Waals surface area contributed by atoms with Crippen LogP contribution in [-0.4, -0.2) is 40.4 Å². The number of amides is 1. The van der Waals surface area contributed by atoms with Gasteiger partial charge in [0, 0.05) is 26.6 Å². The molecule has 0 bridgehead atoms. The van der Waals surface area contributed by atoms with Crippen LogP contribution in [0.25, 0.3) is 0 Å². The van der Waals surface area contributed by atoms with Gasteiger partial charge >= 0.3 is 0 Å². The summed E-state index contributed by atoms with van der Waals surface area (Å²) < 4.78 is 0. The standard InChI is InChI=1S/C16H20N4O/c1-20(8-7-12-5-3-2-4-6-12)16(21)14-9-13-15(10-17-14)19-11-18-13/h2-6,11,14,17H,7-10H2,1H3,(H,18,19). The number of rotatable bonds is 4. The molecule has 21 heavy (non-hydrogen) atoms. The highest BCUT2D eigenvalue weighted by Crippen LogP contribution is 2.13. The smallest absolute Gasteiger partial charge is 0.239 e. The van der Waals surface area contributed by atoms with Crippen molar-refractivity contribution in [3.63, 3.8) is 0 Å². The van der Waals surface area contributed by atoms with Gasteiger partial charge in [-0.2, -0.15) is 0 Å². The van der Waals surface area contributed by atoms with Crippen LogP contribution in [0.15, 0.2) is 36.7 Å². The number of carbonyl (C=O) groups is 1. The number of likely N-dealkylation sites (N-methyl/N-ethyl adjacent to an activating group) is 1. The van der Waals surface area contributed by atoms with Crippen LogP contribution in [0.3, 0.4) is 0 Å². The second-order valence-corrected chi connectivity index (χ2v) is 5.46. The highest BCUT2D eigenvalue weighted by Gasteiger charge is 2.27. The molecule has 2 heterocycles. The second-order valence-electron chi connectivity index (χ2n) is 5.46. The van der Waals surface area contributed by atoms with Crippen LogP contribution in [-0.2, 0) is 24.2 Å². The van der Waals surface area contributed by atoms with Gasteiger partial charge in [-0.15, -0.1) is 0 Å². The Labute approximate surface area is 124 Å². The summed E-state index contributed by atoms with van der Waals surface area (Å²) in [4.78, 5) is 21.7. The van der Waals surface area contributed by atoms with Crippen LogP contribution in [0, 0.1) is 0 Å². The number of aromatic amines is 1. The minimum absolute atomic E-state index is 0.139. The summed E-state index contributed by atoms with van der Waals surface area (Å²) in [5.74, 6) is 0.139. The van der Waals surface area contributed by atoms with E-state index in [0.717, 1.165) is 24.4 Å². The lowest BCUT2D eigenvalue weighted by Crippen LogP contribution is -2.48. The Bertz CT molecular complexity index is 608. The topological polar surface area (TPSA) is 61.0 Å². The fourth-order valence-corrected chi connectivity index (χ4v) is 2.66. The van der Waals surface area contributed by atoms with Crippen molar-refractivity contribution in [3.05, 3.63) is 53.6 Å². The van der Waals surface area contributed by atoms with Crippen molar-refractivity contribution in [3.8, 4) is 0 Å². The molecule has 2 aromatic rings. The molecule has 1 amide bonds. The Morgan fingerprint density at radius 2 is 2.19 bits per heavy atom. The number of H-pyrrole nitrogens is 1. The molecule has 110 valence electrons. The highest BCUT2D eigenvalue weighted by molar-refractivity contribution is 5.82. The van der Waals surface area contributed by atoms with E-state index in [1.807, 2.05) is 30.1 Å². The minimum atomic E-state index is -0.165. The van der Waals surface area contributed by atoms with Crippen LogP contribution in [0.5, 0.6) is 0 Å². The van der Waals surface area contributed by atoms with Crippen molar-refractivity contribution in [1.29, 1.82) is 0 Å². The van der Waals surface area contributed by atoms with E-state index < -0.39 is 0 Å². The Kier molecular flexibility index (Phi) is 4.01. The number of nitrogens with one attached hydrogen (secondary N) is 2. The maximum Gasteiger partial charge on any atom is 0.239 e. The zero-order valence-corrected chi connectivity index (χ0v) is 12.2. The number of benzene rings is 1. The predicted octanol–water partition coefficient (Wildman–Crippen LogP) is 1.13. The predicted molar refractivity (Wildman–Crippen MR) is 80.7 cm³/mol. The summed E-state index contributed by atoms with van der Waals surface area (Å²) in [6.45, 7) is 1.41. The maximum absolute atomic E-state index is 12.5. The highest BCUT2D eigenvalue weighted by atomic mass is 16.2. The lowest BCUT2D eigenvalue weighted by atomic mass is 10.0. The zero-order chi connectivity index (χ0) is 14.7. The van der Waals surface area contributed by atoms with Crippen molar-refractivity contribution in [2.75, 3.05) is 13.6 Å². The molecule has 1 aromatic heterocycles. The molecule has 5 heteroatoms. The molecular weight excluding hydrogens is 264 g/mol. The number of aromatic nitrogens is 2. The van der Waals surface area contributed by atoms with Crippen molar-refractivity contribution in [1.82, 2.24) is 20.2 Å². The van der Waals surface area contributed by atoms with Gasteiger partial charge in [-0.05, 0) is 12.0 Å². The van der Waals surface area contributed by atoms with Gasteiger partial charge in [0.1, 0.15) is 0 Å². The van der Waals surface area contributed by atoms with Gasteiger partial charge in [-0.25, -0.2) is 4.98 Å². The molecule has 0 radical (unpaired) electrons. The minimum Gasteiger partial charge on any atom is -0.347 e. The van der Waals surface area contributed by atoms with Gasteiger partial charge in [0.15, 0.2) is 0 Å². The lowest BCUT2D eigenvalue weighted by molar-refractivity contribution is -0.132. The van der Waals surface area contributed by atoms with Crippen LogP contribution in [0.1, 0.15) is 17.0 Å². The van der Waals surface area contributed by atoms with Crippen molar-refractivity contribution in [2.45, 2.75) is 25.4 Å². The van der Waals surface area contributed by atoms with Gasteiger partial charge in [-0.1, -0.05) is 30.3 Å². The fraction of sp³-hybridized carbons (Fsp3) is 0.375. The van der Waals surface area contributed by atoms with Gasteiger partial charge in [0.05, 0.1) is 23.8 Å². The van der Waals surface area contributed by atoms with Crippen molar-refractivity contribution < 1.29 is 4.79 Å². The van der Waals surface area contributed by atoms with Crippen LogP contribution < -0.4 is 5.32 Å². The molecule has 1 unspecified atom stereocenters. The van der Waals surface area contributed by atoms with E-state index in [1.54, 1.807) is 6.33 Å². The van der Waals surface area contributed by atoms with Gasteiger partial charge in [-0.3, -0.25) is 10.1 Å². The Morgan fingerprint density at radius 1 is 1.38 bits per heavy atom. The largest absolute Gasteiger partial charge is 0.347 e. The summed E-state index contributed by atoms with van der Waals surface area (Å²) >= 11 is 0. The first-order valence-corrected chi connectivity index (χ1v) is 7.27. The van der Waals surface area contributed by atoms with E-state index in [4.69, 9.17) is 0 Å². The molecule has 5 nitrogen and oxygen atoms in total. The average Bonchev–Trinajstić information content (AvgIpc) is 3.00. The normalized spacial score (nSPS) is 17.3. The molecule has 1 aliphatic rings. The van der Waals surface area contributed by atoms with Crippen LogP contribution in [0.2, 0.25) is 0 Å². The summed E-state index contributed by atoms with van der Waals surface area (Å²) in [7, 11) is 1.87. The van der Waals surface area contributed by atoms with Gasteiger partial charge < -0.3 is 9.88 Å². The zero-order valence-electron chi connectivity index (χ0n) is 12.2. The number of carbonyl (C=O) groups excluding carboxylic acids is 1. The monoisotopic (exact) mass is 284 g/mol. The van der Waals surface area contributed by atoms with E-state index in [9.17, 15) is 4.79 Å². The molecule has 2 N–H and O–H groups in total. The Balaban J connectivity index is 1.55. The first kappa shape index (κ1) is 13.8. The molecule has 0 saturated heterocycles. The molecule has 0 fully saturated rings. The molecule has 1 atom stereocenters. The van der Waals surface area contributed by atoms with Crippen molar-refractivity contribution >= 4 is 5.91 Å². The molecule has 1 aromatic carbocycles. The number of nitrogens with zero attached hydrogens (tertiary/aromatic N) is 2. The van der Waals surface area contributed by atoms with E-state index in [0.29, 0.717) is 13.0 Å². The third-order valence-electron chi connectivity index (χ3n) is 3.98. The maximum atomic E-state index is 12.5. The molecule has 3 rings (SSSR count). The summed E-state index contributed by atoms with van der Waals surface area (Å²) in [5, 5.41) is 3.28. The summed E-state index contributed by atoms with van der Waals surface area (Å²) in [6, 6.07) is 10.1. The van der Waals surface area contributed by atoms with E-state index in [2.05, 4.69) is 27.4 Å². The summed E-state index contributed by atoms with van der Waals surface area (Å²) in [5.41, 5.74) is 3.35.